The van der Waals surface area contributed by atoms with Crippen molar-refractivity contribution in [2.75, 3.05) is 4.90 Å². The van der Waals surface area contributed by atoms with Gasteiger partial charge in [-0.1, -0.05) is 12.6 Å². The number of benzene rings is 1. The largest absolute Gasteiger partial charge is 0.416 e. The van der Waals surface area contributed by atoms with Gasteiger partial charge in [0.05, 0.1) is 20.5 Å². The van der Waals surface area contributed by atoms with E-state index in [4.69, 9.17) is 0 Å². The van der Waals surface area contributed by atoms with E-state index in [0.29, 0.717) is 9.28 Å². The molecule has 0 fully saturated rings. The van der Waals surface area contributed by atoms with Crippen LogP contribution >= 0.6 is 22.6 Å². The molecule has 2 amide bonds. The van der Waals surface area contributed by atoms with Crippen LogP contribution in [-0.2, 0) is 6.18 Å². The van der Waals surface area contributed by atoms with Gasteiger partial charge in [-0.3, -0.25) is 10.2 Å². The molecule has 1 aromatic carbocycles. The summed E-state index contributed by atoms with van der Waals surface area (Å²) in [6, 6.07) is 4.00. The number of amides is 2. The van der Waals surface area contributed by atoms with Crippen LogP contribution in [0.2, 0.25) is 0 Å². The Balaban J connectivity index is 2.45. The van der Waals surface area contributed by atoms with Crippen LogP contribution < -0.4 is 10.2 Å². The molecule has 7 heteroatoms. The quantitative estimate of drug-likeness (QED) is 0.565. The maximum atomic E-state index is 12.7. The number of nitrogens with zero attached hydrogens (tertiary/aromatic N) is 1. The zero-order valence-electron chi connectivity index (χ0n) is 9.96. The number of rotatable bonds is 1. The number of carbonyl (C=O) groups excluding carboxylic acids is 1. The van der Waals surface area contributed by atoms with Crippen LogP contribution in [0.1, 0.15) is 5.56 Å². The number of hydrogen-bond acceptors (Lipinski definition) is 1. The Hall–Kier alpha value is -1.73. The Morgan fingerprint density at radius 3 is 2.65 bits per heavy atom. The first-order chi connectivity index (χ1) is 9.32. The maximum Gasteiger partial charge on any atom is 0.416 e. The molecule has 1 heterocycles. The van der Waals surface area contributed by atoms with E-state index in [1.165, 1.54) is 18.3 Å². The molecule has 0 unspecified atom stereocenters. The summed E-state index contributed by atoms with van der Waals surface area (Å²) in [5, 5.41) is 2.50. The van der Waals surface area contributed by atoms with E-state index >= 15 is 0 Å². The maximum absolute atomic E-state index is 12.7. The summed E-state index contributed by atoms with van der Waals surface area (Å²) >= 11 is 1.94. The van der Waals surface area contributed by atoms with Gasteiger partial charge in [0, 0.05) is 6.20 Å². The zero-order valence-corrected chi connectivity index (χ0v) is 12.1. The highest BCUT2D eigenvalue weighted by Gasteiger charge is 2.31. The van der Waals surface area contributed by atoms with Crippen LogP contribution in [-0.4, -0.2) is 6.03 Å². The highest BCUT2D eigenvalue weighted by molar-refractivity contribution is 14.1. The average molecular weight is 392 g/mol. The van der Waals surface area contributed by atoms with Crippen LogP contribution in [0.5, 0.6) is 0 Å². The van der Waals surface area contributed by atoms with Gasteiger partial charge in [0.15, 0.2) is 0 Å². The number of allylic oxidation sites excluding steroid dienone is 1. The molecule has 0 spiro atoms. The predicted molar refractivity (Wildman–Crippen MR) is 77.2 cm³/mol. The van der Waals surface area contributed by atoms with Crippen molar-refractivity contribution in [1.82, 2.24) is 5.32 Å². The van der Waals surface area contributed by atoms with Crippen LogP contribution in [0.3, 0.4) is 0 Å². The van der Waals surface area contributed by atoms with E-state index in [-0.39, 0.29) is 5.69 Å². The molecule has 2 rings (SSSR count). The third-order valence-electron chi connectivity index (χ3n) is 2.56. The zero-order chi connectivity index (χ0) is 14.9. The second-order valence-electron chi connectivity index (χ2n) is 3.88. The number of alkyl halides is 3. The molecule has 0 aliphatic carbocycles. The summed E-state index contributed by atoms with van der Waals surface area (Å²) < 4.78 is 38.6. The summed E-state index contributed by atoms with van der Waals surface area (Å²) in [5.41, 5.74) is 2.27. The summed E-state index contributed by atoms with van der Waals surface area (Å²) in [6.45, 7) is 3.42. The van der Waals surface area contributed by atoms with Gasteiger partial charge in [0.1, 0.15) is 0 Å². The molecule has 104 valence electrons. The van der Waals surface area contributed by atoms with E-state index in [1.807, 2.05) is 22.6 Å². The normalized spacial score (nSPS) is 15.6. The summed E-state index contributed by atoms with van der Waals surface area (Å²) in [5.74, 6) is 0. The highest BCUT2D eigenvalue weighted by Crippen LogP contribution is 2.33. The SMILES string of the molecule is C=C=C1NC(=O)N(c2cccc(C(F)(F)F)c2)C=C1I. The molecule has 0 saturated heterocycles. The Labute approximate surface area is 126 Å². The van der Waals surface area contributed by atoms with Gasteiger partial charge in [0.2, 0.25) is 0 Å². The lowest BCUT2D eigenvalue weighted by molar-refractivity contribution is -0.137. The average Bonchev–Trinajstić information content (AvgIpc) is 2.40. The van der Waals surface area contributed by atoms with E-state index in [0.717, 1.165) is 17.0 Å². The molecule has 1 N–H and O–H groups in total. The number of urea groups is 1. The molecule has 0 aromatic heterocycles. The Kier molecular flexibility index (Phi) is 3.92. The predicted octanol–water partition coefficient (Wildman–Crippen LogP) is 4.18. The van der Waals surface area contributed by atoms with Crippen molar-refractivity contribution in [3.05, 3.63) is 57.6 Å². The first kappa shape index (κ1) is 14.7. The third-order valence-corrected chi connectivity index (χ3v) is 3.38. The van der Waals surface area contributed by atoms with Gasteiger partial charge in [0.25, 0.3) is 0 Å². The molecule has 1 aliphatic heterocycles. The van der Waals surface area contributed by atoms with Gasteiger partial charge >= 0.3 is 12.2 Å². The van der Waals surface area contributed by atoms with Gasteiger partial charge in [-0.15, -0.1) is 5.73 Å². The fourth-order valence-electron chi connectivity index (χ4n) is 1.62. The minimum atomic E-state index is -4.45. The van der Waals surface area contributed by atoms with Gasteiger partial charge in [-0.2, -0.15) is 13.2 Å². The topological polar surface area (TPSA) is 32.3 Å². The van der Waals surface area contributed by atoms with E-state index in [9.17, 15) is 18.0 Å². The third kappa shape index (κ3) is 2.88. The number of anilines is 1. The first-order valence-electron chi connectivity index (χ1n) is 5.38. The summed E-state index contributed by atoms with van der Waals surface area (Å²) in [6.07, 6.45) is -3.02. The van der Waals surface area contributed by atoms with E-state index in [1.54, 1.807) is 0 Å². The smallest absolute Gasteiger partial charge is 0.300 e. The molecule has 1 aliphatic rings. The van der Waals surface area contributed by atoms with Gasteiger partial charge in [-0.25, -0.2) is 4.79 Å². The molecule has 20 heavy (non-hydrogen) atoms. The molecule has 0 saturated carbocycles. The lowest BCUT2D eigenvalue weighted by atomic mass is 10.2. The van der Waals surface area contributed by atoms with Crippen molar-refractivity contribution in [3.8, 4) is 0 Å². The second kappa shape index (κ2) is 5.34. The Morgan fingerprint density at radius 1 is 1.35 bits per heavy atom. The molecule has 3 nitrogen and oxygen atoms in total. The number of nitrogens with one attached hydrogen (secondary N) is 1. The minimum Gasteiger partial charge on any atom is -0.300 e. The molecule has 0 bridgehead atoms. The summed E-state index contributed by atoms with van der Waals surface area (Å²) in [4.78, 5) is 13.0. The molecule has 1 aromatic rings. The van der Waals surface area contributed by atoms with Gasteiger partial charge < -0.3 is 0 Å². The van der Waals surface area contributed by atoms with Crippen molar-refractivity contribution in [1.29, 1.82) is 0 Å². The lowest BCUT2D eigenvalue weighted by Gasteiger charge is -2.25. The number of halogens is 4. The molecular weight excluding hydrogens is 384 g/mol. The van der Waals surface area contributed by atoms with Crippen molar-refractivity contribution in [2.24, 2.45) is 0 Å². The Morgan fingerprint density at radius 2 is 2.05 bits per heavy atom. The standard InChI is InChI=1S/C13H8F3IN2O/c1-2-11-10(17)7-19(12(20)18-11)9-5-3-4-8(6-9)13(14,15)16/h3-7H,1H2,(H,18,20). The molecule has 0 radical (unpaired) electrons. The van der Waals surface area contributed by atoms with E-state index < -0.39 is 17.8 Å². The van der Waals surface area contributed by atoms with Crippen LogP contribution in [0.25, 0.3) is 0 Å². The fourth-order valence-corrected chi connectivity index (χ4v) is 2.22. The first-order valence-corrected chi connectivity index (χ1v) is 6.46. The van der Waals surface area contributed by atoms with Crippen molar-refractivity contribution >= 4 is 34.3 Å². The highest BCUT2D eigenvalue weighted by atomic mass is 127. The molecular formula is C13H8F3IN2O. The van der Waals surface area contributed by atoms with E-state index in [2.05, 4.69) is 17.6 Å². The summed E-state index contributed by atoms with van der Waals surface area (Å²) in [7, 11) is 0. The van der Waals surface area contributed by atoms with Crippen LogP contribution in [0, 0.1) is 0 Å². The van der Waals surface area contributed by atoms with Crippen molar-refractivity contribution < 1.29 is 18.0 Å². The number of hydrogen-bond donors (Lipinski definition) is 1. The Bertz CT molecular complexity index is 645. The van der Waals surface area contributed by atoms with Crippen molar-refractivity contribution in [3.63, 3.8) is 0 Å². The number of carbonyl (C=O) groups is 1. The minimum absolute atomic E-state index is 0.134. The lowest BCUT2D eigenvalue weighted by Crippen LogP contribution is -2.39. The van der Waals surface area contributed by atoms with Crippen LogP contribution in [0.15, 0.2) is 52.1 Å². The van der Waals surface area contributed by atoms with Crippen LogP contribution in [0.4, 0.5) is 23.7 Å². The van der Waals surface area contributed by atoms with Gasteiger partial charge in [-0.05, 0) is 40.8 Å². The monoisotopic (exact) mass is 392 g/mol. The van der Waals surface area contributed by atoms with Crippen molar-refractivity contribution in [2.45, 2.75) is 6.18 Å². The fraction of sp³-hybridized carbons (Fsp3) is 0.0769. The molecule has 0 atom stereocenters. The second-order valence-corrected chi connectivity index (χ2v) is 5.04.